The largest absolute Gasteiger partial charge is 0.494 e. The Bertz CT molecular complexity index is 1590. The normalized spacial score (nSPS) is 11.9. The highest BCUT2D eigenvalue weighted by atomic mass is 32.1. The van der Waals surface area contributed by atoms with Crippen LogP contribution in [-0.4, -0.2) is 35.3 Å². The molecule has 0 unspecified atom stereocenters. The van der Waals surface area contributed by atoms with Crippen LogP contribution in [0, 0.1) is 0 Å². The number of amides is 1. The topological polar surface area (TPSA) is 65.7 Å². The Hall–Kier alpha value is -3.81. The van der Waals surface area contributed by atoms with Crippen LogP contribution in [0.2, 0.25) is 0 Å². The number of benzene rings is 3. The van der Waals surface area contributed by atoms with E-state index in [1.165, 1.54) is 11.3 Å². The molecule has 0 fully saturated rings. The number of hydrogen-bond acceptors (Lipinski definition) is 5. The van der Waals surface area contributed by atoms with Gasteiger partial charge in [-0.1, -0.05) is 59.9 Å². The third kappa shape index (κ3) is 4.94. The minimum Gasteiger partial charge on any atom is -0.494 e. The van der Waals surface area contributed by atoms with E-state index in [-0.39, 0.29) is 5.91 Å². The monoisotopic (exact) mass is 497 g/mol. The third-order valence-corrected chi connectivity index (χ3v) is 6.88. The number of aromatic nitrogens is 2. The first-order chi connectivity index (χ1) is 17.7. The molecule has 2 heterocycles. The second-order valence-corrected chi connectivity index (χ2v) is 9.16. The van der Waals surface area contributed by atoms with Crippen LogP contribution in [-0.2, 0) is 11.3 Å². The molecule has 0 spiro atoms. The van der Waals surface area contributed by atoms with Gasteiger partial charge in [0.1, 0.15) is 5.75 Å². The Morgan fingerprint density at radius 1 is 0.972 bits per heavy atom. The van der Waals surface area contributed by atoms with Gasteiger partial charge in [-0.25, -0.2) is 4.98 Å². The summed E-state index contributed by atoms with van der Waals surface area (Å²) >= 11 is 1.48. The molecule has 0 radical (unpaired) electrons. The number of carbonyl (C=O) groups is 1. The number of para-hydroxylation sites is 1. The number of rotatable bonds is 8. The van der Waals surface area contributed by atoms with E-state index in [0.717, 1.165) is 38.1 Å². The fraction of sp³-hybridized carbons (Fsp3) is 0.207. The zero-order chi connectivity index (χ0) is 24.9. The minimum absolute atomic E-state index is 0.299. The Morgan fingerprint density at radius 3 is 2.58 bits per heavy atom. The lowest BCUT2D eigenvalue weighted by atomic mass is 10.0. The van der Waals surface area contributed by atoms with Crippen molar-refractivity contribution >= 4 is 38.4 Å². The molecule has 0 saturated carbocycles. The maximum absolute atomic E-state index is 13.7. The second-order valence-electron chi connectivity index (χ2n) is 8.15. The van der Waals surface area contributed by atoms with Crippen molar-refractivity contribution in [3.63, 3.8) is 0 Å². The molecule has 0 atom stereocenters. The minimum atomic E-state index is -0.299. The zero-order valence-corrected chi connectivity index (χ0v) is 21.1. The molecule has 7 heteroatoms. The predicted molar refractivity (Wildman–Crippen MR) is 145 cm³/mol. The van der Waals surface area contributed by atoms with Crippen molar-refractivity contribution < 1.29 is 14.3 Å². The van der Waals surface area contributed by atoms with Gasteiger partial charge < -0.3 is 14.0 Å². The summed E-state index contributed by atoms with van der Waals surface area (Å²) in [6, 6.07) is 25.4. The van der Waals surface area contributed by atoms with E-state index in [0.29, 0.717) is 36.7 Å². The van der Waals surface area contributed by atoms with Crippen LogP contribution >= 0.6 is 11.3 Å². The number of fused-ring (bicyclic) bond motifs is 2. The molecule has 1 amide bonds. The molecule has 182 valence electrons. The molecule has 0 aliphatic carbocycles. The van der Waals surface area contributed by atoms with Crippen LogP contribution in [0.1, 0.15) is 24.2 Å². The molecular formula is C29H27N3O3S. The van der Waals surface area contributed by atoms with Crippen molar-refractivity contribution in [2.75, 3.05) is 19.8 Å². The molecular weight excluding hydrogens is 470 g/mol. The summed E-state index contributed by atoms with van der Waals surface area (Å²) in [7, 11) is 0. The SMILES string of the molecule is CCOCCn1c(=NC(=O)c2cc(-c3ccccc3)nc3ccccc23)sc2cc(OCC)ccc21. The number of nitrogens with zero attached hydrogens (tertiary/aromatic N) is 3. The van der Waals surface area contributed by atoms with Gasteiger partial charge in [0.15, 0.2) is 4.80 Å². The highest BCUT2D eigenvalue weighted by Gasteiger charge is 2.15. The van der Waals surface area contributed by atoms with E-state index >= 15 is 0 Å². The maximum atomic E-state index is 13.7. The standard InChI is InChI=1S/C29H27N3O3S/c1-3-34-17-16-32-26-15-14-21(35-4-2)18-27(26)36-29(32)31-28(33)23-19-25(20-10-6-5-7-11-20)30-24-13-9-8-12-22(23)24/h5-15,18-19H,3-4,16-17H2,1-2H3. The van der Waals surface area contributed by atoms with E-state index < -0.39 is 0 Å². The van der Waals surface area contributed by atoms with Crippen LogP contribution in [0.5, 0.6) is 5.75 Å². The van der Waals surface area contributed by atoms with E-state index in [4.69, 9.17) is 14.5 Å². The first kappa shape index (κ1) is 23.9. The second kappa shape index (κ2) is 10.8. The fourth-order valence-corrected chi connectivity index (χ4v) is 5.25. The molecule has 0 aliphatic rings. The smallest absolute Gasteiger partial charge is 0.280 e. The molecule has 0 bridgehead atoms. The van der Waals surface area contributed by atoms with Crippen molar-refractivity contribution in [3.05, 3.63) is 89.2 Å². The van der Waals surface area contributed by atoms with Gasteiger partial charge in [0, 0.05) is 24.1 Å². The fourth-order valence-electron chi connectivity index (χ4n) is 4.17. The average Bonchev–Trinajstić information content (AvgIpc) is 3.24. The van der Waals surface area contributed by atoms with Gasteiger partial charge in [0.05, 0.1) is 40.2 Å². The molecule has 0 saturated heterocycles. The van der Waals surface area contributed by atoms with E-state index in [9.17, 15) is 4.79 Å². The molecule has 36 heavy (non-hydrogen) atoms. The number of pyridine rings is 1. The van der Waals surface area contributed by atoms with Crippen molar-refractivity contribution in [3.8, 4) is 17.0 Å². The molecule has 0 N–H and O–H groups in total. The van der Waals surface area contributed by atoms with Crippen LogP contribution < -0.4 is 9.54 Å². The van der Waals surface area contributed by atoms with Gasteiger partial charge in [-0.3, -0.25) is 4.79 Å². The predicted octanol–water partition coefficient (Wildman–Crippen LogP) is 6.09. The van der Waals surface area contributed by atoms with Crippen molar-refractivity contribution in [1.29, 1.82) is 0 Å². The first-order valence-corrected chi connectivity index (χ1v) is 12.9. The van der Waals surface area contributed by atoms with Crippen molar-refractivity contribution in [1.82, 2.24) is 9.55 Å². The third-order valence-electron chi connectivity index (χ3n) is 5.84. The Labute approximate surface area is 213 Å². The van der Waals surface area contributed by atoms with Crippen molar-refractivity contribution in [2.24, 2.45) is 4.99 Å². The summed E-state index contributed by atoms with van der Waals surface area (Å²) in [5, 5.41) is 0.784. The summed E-state index contributed by atoms with van der Waals surface area (Å²) in [5.74, 6) is 0.501. The van der Waals surface area contributed by atoms with Gasteiger partial charge in [-0.15, -0.1) is 0 Å². The number of carbonyl (C=O) groups excluding carboxylic acids is 1. The van der Waals surface area contributed by atoms with Gasteiger partial charge in [0.25, 0.3) is 5.91 Å². The van der Waals surface area contributed by atoms with Crippen LogP contribution in [0.25, 0.3) is 32.4 Å². The Morgan fingerprint density at radius 2 is 1.78 bits per heavy atom. The molecule has 2 aromatic heterocycles. The van der Waals surface area contributed by atoms with E-state index in [1.54, 1.807) is 0 Å². The number of thiazole rings is 1. The molecule has 5 rings (SSSR count). The van der Waals surface area contributed by atoms with Gasteiger partial charge in [-0.2, -0.15) is 4.99 Å². The van der Waals surface area contributed by atoms with E-state index in [2.05, 4.69) is 4.99 Å². The summed E-state index contributed by atoms with van der Waals surface area (Å²) in [6.45, 7) is 6.29. The van der Waals surface area contributed by atoms with Gasteiger partial charge in [0.2, 0.25) is 0 Å². The van der Waals surface area contributed by atoms with Crippen LogP contribution in [0.15, 0.2) is 83.9 Å². The molecule has 3 aromatic carbocycles. The lowest BCUT2D eigenvalue weighted by Crippen LogP contribution is -2.20. The van der Waals surface area contributed by atoms with Crippen molar-refractivity contribution in [2.45, 2.75) is 20.4 Å². The molecule has 6 nitrogen and oxygen atoms in total. The summed E-state index contributed by atoms with van der Waals surface area (Å²) in [4.78, 5) is 23.7. The highest BCUT2D eigenvalue weighted by Crippen LogP contribution is 2.26. The summed E-state index contributed by atoms with van der Waals surface area (Å²) < 4.78 is 14.3. The molecule has 5 aromatic rings. The summed E-state index contributed by atoms with van der Waals surface area (Å²) in [6.07, 6.45) is 0. The zero-order valence-electron chi connectivity index (χ0n) is 20.3. The highest BCUT2D eigenvalue weighted by molar-refractivity contribution is 7.16. The maximum Gasteiger partial charge on any atom is 0.280 e. The first-order valence-electron chi connectivity index (χ1n) is 12.1. The van der Waals surface area contributed by atoms with Crippen LogP contribution in [0.3, 0.4) is 0 Å². The van der Waals surface area contributed by atoms with Crippen LogP contribution in [0.4, 0.5) is 0 Å². The quantitative estimate of drug-likeness (QED) is 0.243. The van der Waals surface area contributed by atoms with Gasteiger partial charge >= 0.3 is 0 Å². The molecule has 0 aliphatic heterocycles. The summed E-state index contributed by atoms with van der Waals surface area (Å²) in [5.41, 5.74) is 3.99. The van der Waals surface area contributed by atoms with E-state index in [1.807, 2.05) is 97.3 Å². The Balaban J connectivity index is 1.65. The van der Waals surface area contributed by atoms with Gasteiger partial charge in [-0.05, 0) is 44.2 Å². The number of hydrogen-bond donors (Lipinski definition) is 0. The lowest BCUT2D eigenvalue weighted by Gasteiger charge is -2.08. The Kier molecular flexibility index (Phi) is 7.21. The average molecular weight is 498 g/mol. The lowest BCUT2D eigenvalue weighted by molar-refractivity contribution is 0.0998. The number of ether oxygens (including phenoxy) is 2.